The molecule has 5 nitrogen and oxygen atoms in total. The molecule has 2 rings (SSSR count). The van der Waals surface area contributed by atoms with Gasteiger partial charge in [0, 0.05) is 12.7 Å². The molecule has 2 N–H and O–H groups in total. The fourth-order valence-corrected chi connectivity index (χ4v) is 2.84. The van der Waals surface area contributed by atoms with Crippen molar-refractivity contribution in [2.75, 3.05) is 0 Å². The van der Waals surface area contributed by atoms with Gasteiger partial charge in [-0.05, 0) is 23.3 Å². The van der Waals surface area contributed by atoms with Gasteiger partial charge in [-0.25, -0.2) is 18.1 Å². The zero-order valence-corrected chi connectivity index (χ0v) is 12.0. The number of rotatable bonds is 5. The van der Waals surface area contributed by atoms with Gasteiger partial charge in [-0.15, -0.1) is 0 Å². The minimum atomic E-state index is -3.62. The van der Waals surface area contributed by atoms with Crippen molar-refractivity contribution in [3.8, 4) is 0 Å². The van der Waals surface area contributed by atoms with E-state index in [1.165, 1.54) is 18.3 Å². The number of aliphatic hydroxyl groups is 1. The van der Waals surface area contributed by atoms with Crippen molar-refractivity contribution >= 4 is 21.6 Å². The van der Waals surface area contributed by atoms with E-state index in [1.54, 1.807) is 24.3 Å². The molecule has 7 heteroatoms. The van der Waals surface area contributed by atoms with Crippen molar-refractivity contribution in [3.63, 3.8) is 0 Å². The number of benzene rings is 1. The number of pyridine rings is 1. The highest BCUT2D eigenvalue weighted by atomic mass is 35.5. The maximum absolute atomic E-state index is 12.0. The van der Waals surface area contributed by atoms with Crippen LogP contribution in [-0.4, -0.2) is 18.5 Å². The van der Waals surface area contributed by atoms with Crippen molar-refractivity contribution in [1.29, 1.82) is 0 Å². The second-order valence-electron chi connectivity index (χ2n) is 4.11. The van der Waals surface area contributed by atoms with Crippen LogP contribution in [0.15, 0.2) is 47.5 Å². The Bertz CT molecular complexity index is 687. The van der Waals surface area contributed by atoms with Crippen LogP contribution < -0.4 is 4.72 Å². The van der Waals surface area contributed by atoms with Gasteiger partial charge in [0.05, 0.1) is 11.5 Å². The summed E-state index contributed by atoms with van der Waals surface area (Å²) in [6.07, 6.45) is 1.34. The van der Waals surface area contributed by atoms with Crippen LogP contribution in [0.25, 0.3) is 0 Å². The minimum absolute atomic E-state index is 0.0402. The summed E-state index contributed by atoms with van der Waals surface area (Å²) in [5.74, 6) is 0. The Balaban J connectivity index is 2.09. The van der Waals surface area contributed by atoms with Gasteiger partial charge in [0.1, 0.15) is 5.15 Å². The molecular weight excluding hydrogens is 300 g/mol. The standard InChI is InChI=1S/C13H13ClN2O3S/c14-13-7-12(5-6-15-13)20(18,19)16-8-10-1-3-11(9-17)4-2-10/h1-7,16-17H,8-9H2. The summed E-state index contributed by atoms with van der Waals surface area (Å²) in [5.41, 5.74) is 1.57. The Morgan fingerprint density at radius 3 is 2.40 bits per heavy atom. The first kappa shape index (κ1) is 14.9. The van der Waals surface area contributed by atoms with Gasteiger partial charge in [-0.1, -0.05) is 35.9 Å². The molecule has 2 aromatic rings. The molecule has 0 fully saturated rings. The van der Waals surface area contributed by atoms with E-state index in [0.717, 1.165) is 11.1 Å². The number of hydrogen-bond acceptors (Lipinski definition) is 4. The molecule has 0 bridgehead atoms. The molecule has 0 saturated carbocycles. The molecule has 106 valence electrons. The third kappa shape index (κ3) is 3.77. The molecule has 0 aliphatic heterocycles. The first-order chi connectivity index (χ1) is 9.51. The lowest BCUT2D eigenvalue weighted by molar-refractivity contribution is 0.282. The van der Waals surface area contributed by atoms with E-state index in [0.29, 0.717) is 0 Å². The van der Waals surface area contributed by atoms with Crippen LogP contribution in [-0.2, 0) is 23.2 Å². The van der Waals surface area contributed by atoms with E-state index < -0.39 is 10.0 Å². The van der Waals surface area contributed by atoms with Crippen LogP contribution in [0.1, 0.15) is 11.1 Å². The van der Waals surface area contributed by atoms with E-state index >= 15 is 0 Å². The van der Waals surface area contributed by atoms with E-state index in [4.69, 9.17) is 16.7 Å². The summed E-state index contributed by atoms with van der Waals surface area (Å²) >= 11 is 5.67. The van der Waals surface area contributed by atoms with Crippen molar-refractivity contribution in [1.82, 2.24) is 9.71 Å². The molecule has 1 aromatic carbocycles. The predicted molar refractivity (Wildman–Crippen MR) is 75.6 cm³/mol. The van der Waals surface area contributed by atoms with Crippen molar-refractivity contribution in [3.05, 3.63) is 58.9 Å². The van der Waals surface area contributed by atoms with Gasteiger partial charge in [-0.3, -0.25) is 0 Å². The molecule has 0 amide bonds. The summed E-state index contributed by atoms with van der Waals surface area (Å²) in [5, 5.41) is 9.06. The second kappa shape index (κ2) is 6.32. The molecular formula is C13H13ClN2O3S. The van der Waals surface area contributed by atoms with Gasteiger partial charge in [-0.2, -0.15) is 0 Å². The number of hydrogen-bond donors (Lipinski definition) is 2. The molecule has 1 heterocycles. The average Bonchev–Trinajstić information content (AvgIpc) is 2.46. The zero-order valence-electron chi connectivity index (χ0n) is 10.5. The largest absolute Gasteiger partial charge is 0.392 e. The van der Waals surface area contributed by atoms with E-state index in [2.05, 4.69) is 9.71 Å². The maximum atomic E-state index is 12.0. The van der Waals surface area contributed by atoms with Gasteiger partial charge in [0.25, 0.3) is 0 Å². The number of nitrogens with zero attached hydrogens (tertiary/aromatic N) is 1. The number of halogens is 1. The predicted octanol–water partition coefficient (Wildman–Crippen LogP) is 1.71. The average molecular weight is 313 g/mol. The maximum Gasteiger partial charge on any atom is 0.241 e. The fourth-order valence-electron chi connectivity index (χ4n) is 1.58. The first-order valence-electron chi connectivity index (χ1n) is 5.81. The van der Waals surface area contributed by atoms with E-state index in [1.807, 2.05) is 0 Å². The minimum Gasteiger partial charge on any atom is -0.392 e. The first-order valence-corrected chi connectivity index (χ1v) is 7.67. The highest BCUT2D eigenvalue weighted by Crippen LogP contribution is 2.13. The lowest BCUT2D eigenvalue weighted by atomic mass is 10.1. The number of aliphatic hydroxyl groups excluding tert-OH is 1. The molecule has 0 aliphatic carbocycles. The van der Waals surface area contributed by atoms with Crippen LogP contribution in [0.3, 0.4) is 0 Å². The molecule has 0 saturated heterocycles. The van der Waals surface area contributed by atoms with E-state index in [-0.39, 0.29) is 23.2 Å². The number of aromatic nitrogens is 1. The second-order valence-corrected chi connectivity index (χ2v) is 6.27. The molecule has 0 aliphatic rings. The van der Waals surface area contributed by atoms with Crippen LogP contribution in [0.5, 0.6) is 0 Å². The number of nitrogens with one attached hydrogen (secondary N) is 1. The van der Waals surface area contributed by atoms with Crippen molar-refractivity contribution in [2.45, 2.75) is 18.0 Å². The summed E-state index contributed by atoms with van der Waals surface area (Å²) in [7, 11) is -3.62. The molecule has 0 spiro atoms. The van der Waals surface area contributed by atoms with Crippen LogP contribution in [0.4, 0.5) is 0 Å². The Kier molecular flexibility index (Phi) is 4.72. The summed E-state index contributed by atoms with van der Waals surface area (Å²) in [6, 6.07) is 9.67. The fraction of sp³-hybridized carbons (Fsp3) is 0.154. The van der Waals surface area contributed by atoms with Gasteiger partial charge in [0.2, 0.25) is 10.0 Å². The Morgan fingerprint density at radius 2 is 1.80 bits per heavy atom. The Hall–Kier alpha value is -1.47. The quantitative estimate of drug-likeness (QED) is 0.824. The normalized spacial score (nSPS) is 11.5. The SMILES string of the molecule is O=S(=O)(NCc1ccc(CO)cc1)c1ccnc(Cl)c1. The van der Waals surface area contributed by atoms with Gasteiger partial charge in [0.15, 0.2) is 0 Å². The Labute approximate surface area is 122 Å². The summed E-state index contributed by atoms with van der Waals surface area (Å²) in [4.78, 5) is 3.81. The number of sulfonamides is 1. The third-order valence-corrected chi connectivity index (χ3v) is 4.29. The van der Waals surface area contributed by atoms with Crippen LogP contribution in [0.2, 0.25) is 5.15 Å². The molecule has 1 aromatic heterocycles. The topological polar surface area (TPSA) is 79.3 Å². The van der Waals surface area contributed by atoms with Gasteiger partial charge < -0.3 is 5.11 Å². The highest BCUT2D eigenvalue weighted by molar-refractivity contribution is 7.89. The molecule has 0 radical (unpaired) electrons. The lowest BCUT2D eigenvalue weighted by Gasteiger charge is -2.07. The third-order valence-electron chi connectivity index (χ3n) is 2.68. The lowest BCUT2D eigenvalue weighted by Crippen LogP contribution is -2.23. The van der Waals surface area contributed by atoms with Crippen molar-refractivity contribution < 1.29 is 13.5 Å². The Morgan fingerprint density at radius 1 is 1.15 bits per heavy atom. The van der Waals surface area contributed by atoms with Crippen molar-refractivity contribution in [2.24, 2.45) is 0 Å². The van der Waals surface area contributed by atoms with Crippen LogP contribution >= 0.6 is 11.6 Å². The summed E-state index contributed by atoms with van der Waals surface area (Å²) in [6.45, 7) is 0.121. The van der Waals surface area contributed by atoms with Crippen LogP contribution in [0, 0.1) is 0 Å². The highest BCUT2D eigenvalue weighted by Gasteiger charge is 2.14. The monoisotopic (exact) mass is 312 g/mol. The molecule has 0 atom stereocenters. The smallest absolute Gasteiger partial charge is 0.241 e. The summed E-state index contributed by atoms with van der Waals surface area (Å²) < 4.78 is 26.6. The molecule has 0 unspecified atom stereocenters. The van der Waals surface area contributed by atoms with Gasteiger partial charge >= 0.3 is 0 Å². The zero-order chi connectivity index (χ0) is 14.6. The molecule has 20 heavy (non-hydrogen) atoms. The van der Waals surface area contributed by atoms with E-state index in [9.17, 15) is 8.42 Å².